The minimum absolute atomic E-state index is 0.0295. The predicted molar refractivity (Wildman–Crippen MR) is 105 cm³/mol. The van der Waals surface area contributed by atoms with Crippen LogP contribution in [-0.4, -0.2) is 49.7 Å². The minimum atomic E-state index is -0.0295. The topological polar surface area (TPSA) is 41.6 Å². The SMILES string of the molecule is Cc1ccc(C(=O)NCC2CN(CCc3ccccc3)CCO2)cc1C. The van der Waals surface area contributed by atoms with Gasteiger partial charge in [0, 0.05) is 31.7 Å². The van der Waals surface area contributed by atoms with E-state index in [2.05, 4.69) is 41.4 Å². The molecule has 0 aromatic heterocycles. The third-order valence-corrected chi connectivity index (χ3v) is 5.04. The van der Waals surface area contributed by atoms with Crippen LogP contribution >= 0.6 is 0 Å². The maximum Gasteiger partial charge on any atom is 0.251 e. The lowest BCUT2D eigenvalue weighted by Gasteiger charge is -2.33. The molecular formula is C22H28N2O2. The zero-order valence-electron chi connectivity index (χ0n) is 15.7. The van der Waals surface area contributed by atoms with Gasteiger partial charge in [0.1, 0.15) is 0 Å². The van der Waals surface area contributed by atoms with Crippen LogP contribution in [0, 0.1) is 13.8 Å². The van der Waals surface area contributed by atoms with E-state index in [4.69, 9.17) is 4.74 Å². The fraction of sp³-hybridized carbons (Fsp3) is 0.409. The smallest absolute Gasteiger partial charge is 0.251 e. The molecule has 1 heterocycles. The Morgan fingerprint density at radius 1 is 1.15 bits per heavy atom. The highest BCUT2D eigenvalue weighted by molar-refractivity contribution is 5.94. The van der Waals surface area contributed by atoms with E-state index in [0.717, 1.165) is 38.2 Å². The van der Waals surface area contributed by atoms with Crippen molar-refractivity contribution in [3.8, 4) is 0 Å². The van der Waals surface area contributed by atoms with Crippen LogP contribution in [0.1, 0.15) is 27.0 Å². The molecule has 0 bridgehead atoms. The Kier molecular flexibility index (Phi) is 6.42. The van der Waals surface area contributed by atoms with Gasteiger partial charge in [-0.25, -0.2) is 0 Å². The van der Waals surface area contributed by atoms with E-state index >= 15 is 0 Å². The summed E-state index contributed by atoms with van der Waals surface area (Å²) in [6.45, 7) is 8.19. The van der Waals surface area contributed by atoms with Crippen molar-refractivity contribution >= 4 is 5.91 Å². The van der Waals surface area contributed by atoms with Gasteiger partial charge in [-0.2, -0.15) is 0 Å². The van der Waals surface area contributed by atoms with Crippen molar-refractivity contribution in [1.82, 2.24) is 10.2 Å². The van der Waals surface area contributed by atoms with Crippen LogP contribution in [-0.2, 0) is 11.2 Å². The number of rotatable bonds is 6. The molecule has 138 valence electrons. The molecule has 1 aliphatic heterocycles. The number of nitrogens with one attached hydrogen (secondary N) is 1. The van der Waals surface area contributed by atoms with Crippen molar-refractivity contribution in [2.75, 3.05) is 32.8 Å². The van der Waals surface area contributed by atoms with Gasteiger partial charge in [-0.15, -0.1) is 0 Å². The Hall–Kier alpha value is -2.17. The highest BCUT2D eigenvalue weighted by Gasteiger charge is 2.21. The van der Waals surface area contributed by atoms with Crippen molar-refractivity contribution in [3.05, 3.63) is 70.8 Å². The fourth-order valence-corrected chi connectivity index (χ4v) is 3.23. The first-order valence-electron chi connectivity index (χ1n) is 9.35. The molecule has 1 aliphatic rings. The number of aryl methyl sites for hydroxylation is 2. The molecule has 26 heavy (non-hydrogen) atoms. The zero-order chi connectivity index (χ0) is 18.4. The molecule has 1 fully saturated rings. The van der Waals surface area contributed by atoms with E-state index < -0.39 is 0 Å². The summed E-state index contributed by atoms with van der Waals surface area (Å²) in [6, 6.07) is 16.4. The van der Waals surface area contributed by atoms with Crippen LogP contribution in [0.2, 0.25) is 0 Å². The second-order valence-electron chi connectivity index (χ2n) is 7.04. The summed E-state index contributed by atoms with van der Waals surface area (Å²) in [5, 5.41) is 3.02. The van der Waals surface area contributed by atoms with E-state index in [1.54, 1.807) is 0 Å². The van der Waals surface area contributed by atoms with E-state index in [1.165, 1.54) is 11.1 Å². The molecule has 2 aromatic carbocycles. The van der Waals surface area contributed by atoms with Crippen LogP contribution in [0.15, 0.2) is 48.5 Å². The molecule has 2 aromatic rings. The maximum absolute atomic E-state index is 12.4. The Morgan fingerprint density at radius 2 is 1.96 bits per heavy atom. The van der Waals surface area contributed by atoms with Crippen LogP contribution in [0.25, 0.3) is 0 Å². The maximum atomic E-state index is 12.4. The molecule has 4 nitrogen and oxygen atoms in total. The van der Waals surface area contributed by atoms with Crippen LogP contribution in [0.5, 0.6) is 0 Å². The molecule has 3 rings (SSSR count). The van der Waals surface area contributed by atoms with Gasteiger partial charge in [0.2, 0.25) is 0 Å². The van der Waals surface area contributed by atoms with Gasteiger partial charge in [-0.1, -0.05) is 36.4 Å². The number of nitrogens with zero attached hydrogens (tertiary/aromatic N) is 1. The van der Waals surface area contributed by atoms with Gasteiger partial charge < -0.3 is 10.1 Å². The van der Waals surface area contributed by atoms with Gasteiger partial charge >= 0.3 is 0 Å². The van der Waals surface area contributed by atoms with Gasteiger partial charge in [-0.05, 0) is 49.1 Å². The molecule has 4 heteroatoms. The van der Waals surface area contributed by atoms with E-state index in [0.29, 0.717) is 12.1 Å². The minimum Gasteiger partial charge on any atom is -0.374 e. The number of hydrogen-bond acceptors (Lipinski definition) is 3. The fourth-order valence-electron chi connectivity index (χ4n) is 3.23. The molecule has 1 unspecified atom stereocenters. The van der Waals surface area contributed by atoms with Crippen molar-refractivity contribution in [3.63, 3.8) is 0 Å². The first-order valence-corrected chi connectivity index (χ1v) is 9.35. The highest BCUT2D eigenvalue weighted by atomic mass is 16.5. The van der Waals surface area contributed by atoms with Crippen molar-refractivity contribution < 1.29 is 9.53 Å². The summed E-state index contributed by atoms with van der Waals surface area (Å²) < 4.78 is 5.83. The van der Waals surface area contributed by atoms with Crippen molar-refractivity contribution in [2.24, 2.45) is 0 Å². The average molecular weight is 352 g/mol. The lowest BCUT2D eigenvalue weighted by molar-refractivity contribution is -0.0259. The zero-order valence-corrected chi connectivity index (χ0v) is 15.7. The molecule has 1 atom stereocenters. The summed E-state index contributed by atoms with van der Waals surface area (Å²) in [5.74, 6) is -0.0295. The Balaban J connectivity index is 1.45. The van der Waals surface area contributed by atoms with E-state index in [-0.39, 0.29) is 12.0 Å². The molecule has 1 N–H and O–H groups in total. The molecule has 1 amide bonds. The monoisotopic (exact) mass is 352 g/mol. The van der Waals surface area contributed by atoms with Gasteiger partial charge in [0.05, 0.1) is 12.7 Å². The Labute approximate surface area is 156 Å². The highest BCUT2D eigenvalue weighted by Crippen LogP contribution is 2.11. The first-order chi connectivity index (χ1) is 12.6. The number of carbonyl (C=O) groups is 1. The Bertz CT molecular complexity index is 730. The number of morpholine rings is 1. The second-order valence-corrected chi connectivity index (χ2v) is 7.04. The third kappa shape index (κ3) is 5.16. The number of hydrogen-bond donors (Lipinski definition) is 1. The third-order valence-electron chi connectivity index (χ3n) is 5.04. The number of benzene rings is 2. The lowest BCUT2D eigenvalue weighted by atomic mass is 10.1. The number of carbonyl (C=O) groups excluding carboxylic acids is 1. The summed E-state index contributed by atoms with van der Waals surface area (Å²) in [4.78, 5) is 14.8. The normalized spacial score (nSPS) is 17.8. The molecule has 0 aliphatic carbocycles. The van der Waals surface area contributed by atoms with Gasteiger partial charge in [0.15, 0.2) is 0 Å². The molecule has 1 saturated heterocycles. The summed E-state index contributed by atoms with van der Waals surface area (Å²) in [7, 11) is 0. The van der Waals surface area contributed by atoms with E-state index in [1.807, 2.05) is 31.2 Å². The Morgan fingerprint density at radius 3 is 2.73 bits per heavy atom. The number of amides is 1. The standard InChI is InChI=1S/C22H28N2O2/c1-17-8-9-20(14-18(17)2)22(25)23-15-21-16-24(12-13-26-21)11-10-19-6-4-3-5-7-19/h3-9,14,21H,10-13,15-16H2,1-2H3,(H,23,25). The molecule has 0 saturated carbocycles. The second kappa shape index (κ2) is 8.97. The largest absolute Gasteiger partial charge is 0.374 e. The average Bonchev–Trinajstić information content (AvgIpc) is 2.68. The van der Waals surface area contributed by atoms with Gasteiger partial charge in [0.25, 0.3) is 5.91 Å². The quantitative estimate of drug-likeness (QED) is 0.869. The lowest BCUT2D eigenvalue weighted by Crippen LogP contribution is -2.48. The van der Waals surface area contributed by atoms with Crippen LogP contribution in [0.4, 0.5) is 0 Å². The van der Waals surface area contributed by atoms with E-state index in [9.17, 15) is 4.79 Å². The molecule has 0 spiro atoms. The van der Waals surface area contributed by atoms with Crippen LogP contribution < -0.4 is 5.32 Å². The summed E-state index contributed by atoms with van der Waals surface area (Å²) >= 11 is 0. The summed E-state index contributed by atoms with van der Waals surface area (Å²) in [5.41, 5.74) is 4.41. The molecular weight excluding hydrogens is 324 g/mol. The molecule has 0 radical (unpaired) electrons. The summed E-state index contributed by atoms with van der Waals surface area (Å²) in [6.07, 6.45) is 1.10. The number of ether oxygens (including phenoxy) is 1. The predicted octanol–water partition coefficient (Wildman–Crippen LogP) is 2.98. The van der Waals surface area contributed by atoms with Gasteiger partial charge in [-0.3, -0.25) is 9.69 Å². The van der Waals surface area contributed by atoms with Crippen LogP contribution in [0.3, 0.4) is 0 Å². The van der Waals surface area contributed by atoms with Crippen molar-refractivity contribution in [1.29, 1.82) is 0 Å². The first kappa shape index (κ1) is 18.6. The van der Waals surface area contributed by atoms with Crippen molar-refractivity contribution in [2.45, 2.75) is 26.4 Å².